The highest BCUT2D eigenvalue weighted by Crippen LogP contribution is 2.56. The quantitative estimate of drug-likeness (QED) is 0.383. The van der Waals surface area contributed by atoms with Gasteiger partial charge in [-0.1, -0.05) is 6.92 Å². The van der Waals surface area contributed by atoms with Crippen LogP contribution >= 0.6 is 0 Å². The Morgan fingerprint density at radius 1 is 1.31 bits per heavy atom. The predicted octanol–water partition coefficient (Wildman–Crippen LogP) is 3.94. The molecule has 1 aromatic carbocycles. The maximum atomic E-state index is 14.8. The number of aromatic amines is 1. The molecule has 1 saturated carbocycles. The largest absolute Gasteiger partial charge is 0.294 e. The van der Waals surface area contributed by atoms with Gasteiger partial charge in [0.2, 0.25) is 10.0 Å². The number of H-pyrrole nitrogens is 1. The molecular weight excluding hydrogens is 452 g/mol. The second kappa shape index (κ2) is 7.84. The number of carbonyl (C=O) groups is 1. The molecule has 1 fully saturated rings. The lowest BCUT2D eigenvalue weighted by Gasteiger charge is -2.11. The van der Waals surface area contributed by atoms with Crippen LogP contribution in [0.4, 0.5) is 23.2 Å². The Bertz CT molecular complexity index is 1320. The lowest BCUT2D eigenvalue weighted by molar-refractivity contribution is 0.0984. The van der Waals surface area contributed by atoms with Crippen LogP contribution in [0.25, 0.3) is 11.0 Å². The van der Waals surface area contributed by atoms with Gasteiger partial charge in [0.1, 0.15) is 5.82 Å². The summed E-state index contributed by atoms with van der Waals surface area (Å²) in [6.45, 7) is 1.62. The topological polar surface area (TPSA) is 105 Å². The van der Waals surface area contributed by atoms with Gasteiger partial charge in [-0.3, -0.25) is 14.6 Å². The van der Waals surface area contributed by atoms with E-state index in [1.807, 2.05) is 4.72 Å². The molecule has 0 saturated heterocycles. The Labute approximate surface area is 180 Å². The maximum Gasteiger partial charge on any atom is 0.257 e. The third kappa shape index (κ3) is 4.18. The molecule has 0 bridgehead atoms. The number of hydrogen-bond donors (Lipinski definition) is 2. The molecule has 0 radical (unpaired) electrons. The third-order valence-electron chi connectivity index (χ3n) is 5.14. The zero-order valence-electron chi connectivity index (χ0n) is 16.8. The Kier molecular flexibility index (Phi) is 5.43. The molecule has 2 heterocycles. The lowest BCUT2D eigenvalue weighted by Crippen LogP contribution is -2.19. The highest BCUT2D eigenvalue weighted by Gasteiger charge is 2.59. The molecule has 4 rings (SSSR count). The first-order valence-corrected chi connectivity index (χ1v) is 11.4. The number of rotatable bonds is 8. The molecule has 0 amide bonds. The highest BCUT2D eigenvalue weighted by molar-refractivity contribution is 7.92. The Balaban J connectivity index is 1.62. The van der Waals surface area contributed by atoms with Crippen LogP contribution in [-0.4, -0.2) is 41.1 Å². The molecule has 0 spiro atoms. The molecule has 3 aromatic rings. The summed E-state index contributed by atoms with van der Waals surface area (Å²) in [7, 11) is -3.86. The van der Waals surface area contributed by atoms with E-state index in [1.165, 1.54) is 12.3 Å². The highest BCUT2D eigenvalue weighted by atomic mass is 32.2. The fraction of sp³-hybridized carbons (Fsp3) is 0.350. The summed E-state index contributed by atoms with van der Waals surface area (Å²) in [5.41, 5.74) is -0.822. The van der Waals surface area contributed by atoms with Crippen LogP contribution in [0.2, 0.25) is 0 Å². The first kappa shape index (κ1) is 22.2. The summed E-state index contributed by atoms with van der Waals surface area (Å²) in [5, 5.41) is 6.72. The van der Waals surface area contributed by atoms with Gasteiger partial charge in [0.15, 0.2) is 17.2 Å². The first-order valence-electron chi connectivity index (χ1n) is 9.75. The summed E-state index contributed by atoms with van der Waals surface area (Å²) < 4.78 is 81.9. The molecule has 170 valence electrons. The number of sulfonamides is 1. The monoisotopic (exact) mass is 470 g/mol. The Morgan fingerprint density at radius 3 is 2.69 bits per heavy atom. The molecule has 1 aliphatic carbocycles. The zero-order chi connectivity index (χ0) is 23.3. The first-order chi connectivity index (χ1) is 15.0. The van der Waals surface area contributed by atoms with Crippen LogP contribution in [0.3, 0.4) is 0 Å². The number of nitrogens with one attached hydrogen (secondary N) is 2. The average Bonchev–Trinajstić information content (AvgIpc) is 3.14. The fourth-order valence-electron chi connectivity index (χ4n) is 3.50. The molecule has 1 atom stereocenters. The lowest BCUT2D eigenvalue weighted by atomic mass is 10.0. The molecule has 0 aliphatic heterocycles. The van der Waals surface area contributed by atoms with Crippen molar-refractivity contribution in [2.75, 3.05) is 10.5 Å². The number of ketones is 1. The number of anilines is 1. The van der Waals surface area contributed by atoms with Gasteiger partial charge in [-0.25, -0.2) is 31.0 Å². The van der Waals surface area contributed by atoms with Crippen molar-refractivity contribution >= 4 is 32.5 Å². The summed E-state index contributed by atoms with van der Waals surface area (Å²) in [5.74, 6) is -7.58. The molecule has 2 aromatic heterocycles. The number of alkyl halides is 2. The number of benzene rings is 1. The van der Waals surface area contributed by atoms with Gasteiger partial charge in [0.25, 0.3) is 5.92 Å². The molecule has 12 heteroatoms. The van der Waals surface area contributed by atoms with Gasteiger partial charge in [0.05, 0.1) is 28.6 Å². The van der Waals surface area contributed by atoms with E-state index in [-0.39, 0.29) is 35.5 Å². The van der Waals surface area contributed by atoms with Gasteiger partial charge in [-0.05, 0) is 30.2 Å². The second-order valence-electron chi connectivity index (χ2n) is 7.67. The molecular formula is C20H18F4N4O3S. The van der Waals surface area contributed by atoms with Crippen molar-refractivity contribution in [3.63, 3.8) is 0 Å². The van der Waals surface area contributed by atoms with Crippen molar-refractivity contribution in [1.29, 1.82) is 0 Å². The molecule has 0 unspecified atom stereocenters. The number of pyridine rings is 1. The van der Waals surface area contributed by atoms with Crippen molar-refractivity contribution in [2.45, 2.75) is 38.0 Å². The van der Waals surface area contributed by atoms with Crippen LogP contribution in [0.1, 0.15) is 47.3 Å². The van der Waals surface area contributed by atoms with Gasteiger partial charge in [0, 0.05) is 24.4 Å². The van der Waals surface area contributed by atoms with E-state index in [0.29, 0.717) is 5.39 Å². The summed E-state index contributed by atoms with van der Waals surface area (Å²) >= 11 is 0. The van der Waals surface area contributed by atoms with Crippen LogP contribution in [0.5, 0.6) is 0 Å². The zero-order valence-corrected chi connectivity index (χ0v) is 17.6. The van der Waals surface area contributed by atoms with Gasteiger partial charge in [-0.15, -0.1) is 0 Å². The van der Waals surface area contributed by atoms with Crippen LogP contribution in [0, 0.1) is 11.6 Å². The summed E-state index contributed by atoms with van der Waals surface area (Å²) in [4.78, 5) is 16.7. The van der Waals surface area contributed by atoms with Crippen LogP contribution < -0.4 is 4.72 Å². The molecule has 2 N–H and O–H groups in total. The number of carbonyl (C=O) groups excluding carboxylic acids is 1. The van der Waals surface area contributed by atoms with Crippen molar-refractivity contribution in [3.8, 4) is 0 Å². The molecule has 32 heavy (non-hydrogen) atoms. The van der Waals surface area contributed by atoms with E-state index in [0.717, 1.165) is 12.1 Å². The van der Waals surface area contributed by atoms with Gasteiger partial charge in [-0.2, -0.15) is 5.10 Å². The minimum Gasteiger partial charge on any atom is -0.294 e. The minimum atomic E-state index is -3.86. The van der Waals surface area contributed by atoms with E-state index in [9.17, 15) is 30.8 Å². The van der Waals surface area contributed by atoms with Crippen LogP contribution in [-0.2, 0) is 16.4 Å². The predicted molar refractivity (Wildman–Crippen MR) is 108 cm³/mol. The number of Topliss-reactive ketones (excluding diaryl/α,β-unsaturated/α-hetero) is 1. The van der Waals surface area contributed by atoms with Crippen molar-refractivity contribution < 1.29 is 30.8 Å². The van der Waals surface area contributed by atoms with E-state index >= 15 is 0 Å². The number of hydrogen-bond acceptors (Lipinski definition) is 5. The average molecular weight is 470 g/mol. The number of halogens is 4. The smallest absolute Gasteiger partial charge is 0.257 e. The standard InChI is InChI=1S/C20H18F4N4O3S/c1-2-5-32(30,31)28-14-4-3-13(21)16(17(14)22)15(29)7-10-6-11-18(12-8-20(12,23)24)26-27-19(11)25-9-10/h3-4,6,9,12,28H,2,5,7-8H2,1H3,(H,25,26,27)/t12-/m1/s1. The number of aromatic nitrogens is 3. The number of fused-ring (bicyclic) bond motifs is 1. The van der Waals surface area contributed by atoms with Gasteiger partial charge < -0.3 is 0 Å². The maximum absolute atomic E-state index is 14.8. The normalized spacial score (nSPS) is 17.5. The summed E-state index contributed by atoms with van der Waals surface area (Å²) in [6.07, 6.45) is 0.736. The Morgan fingerprint density at radius 2 is 2.03 bits per heavy atom. The van der Waals surface area contributed by atoms with Crippen LogP contribution in [0.15, 0.2) is 24.4 Å². The van der Waals surface area contributed by atoms with Crippen molar-refractivity contribution in [1.82, 2.24) is 15.2 Å². The minimum absolute atomic E-state index is 0.184. The Hall–Kier alpha value is -3.02. The fourth-order valence-corrected chi connectivity index (χ4v) is 4.63. The summed E-state index contributed by atoms with van der Waals surface area (Å²) in [6, 6.07) is 3.12. The second-order valence-corrected chi connectivity index (χ2v) is 9.52. The van der Waals surface area contributed by atoms with Gasteiger partial charge >= 0.3 is 0 Å². The van der Waals surface area contributed by atoms with E-state index < -0.39 is 57.0 Å². The SMILES string of the molecule is CCCS(=O)(=O)Nc1ccc(F)c(C(=O)Cc2cnc3n[nH]c([C@H]4CC4(F)F)c3c2)c1F. The molecule has 7 nitrogen and oxygen atoms in total. The van der Waals surface area contributed by atoms with E-state index in [4.69, 9.17) is 0 Å². The third-order valence-corrected chi connectivity index (χ3v) is 6.62. The van der Waals surface area contributed by atoms with Crippen molar-refractivity contribution in [2.24, 2.45) is 0 Å². The van der Waals surface area contributed by atoms with E-state index in [2.05, 4.69) is 15.2 Å². The van der Waals surface area contributed by atoms with E-state index in [1.54, 1.807) is 6.92 Å². The molecule has 1 aliphatic rings. The number of nitrogens with zero attached hydrogens (tertiary/aromatic N) is 2. The van der Waals surface area contributed by atoms with Crippen molar-refractivity contribution in [3.05, 3.63) is 52.9 Å².